The van der Waals surface area contributed by atoms with Crippen LogP contribution in [-0.4, -0.2) is 46.0 Å². The smallest absolute Gasteiger partial charge is 0.276 e. The number of benzene rings is 1. The van der Waals surface area contributed by atoms with Crippen LogP contribution in [-0.2, 0) is 16.6 Å². The first-order chi connectivity index (χ1) is 11.0. The maximum atomic E-state index is 11.9. The number of rotatable bonds is 9. The molecular formula is C16H26ClN3O2S. The molecule has 0 unspecified atom stereocenters. The van der Waals surface area contributed by atoms with E-state index in [-0.39, 0.29) is 0 Å². The molecule has 130 valence electrons. The van der Waals surface area contributed by atoms with Crippen molar-refractivity contribution in [3.63, 3.8) is 0 Å². The third-order valence-corrected chi connectivity index (χ3v) is 5.72. The van der Waals surface area contributed by atoms with Crippen LogP contribution in [0.4, 0.5) is 0 Å². The quantitative estimate of drug-likeness (QED) is 0.664. The van der Waals surface area contributed by atoms with Gasteiger partial charge in [0.15, 0.2) is 0 Å². The summed E-state index contributed by atoms with van der Waals surface area (Å²) in [6.45, 7) is 2.02. The van der Waals surface area contributed by atoms with Gasteiger partial charge in [0.25, 0.3) is 10.2 Å². The van der Waals surface area contributed by atoms with Crippen molar-refractivity contribution in [3.8, 4) is 0 Å². The summed E-state index contributed by atoms with van der Waals surface area (Å²) >= 11 is 5.82. The van der Waals surface area contributed by atoms with Crippen molar-refractivity contribution in [1.82, 2.24) is 14.3 Å². The molecule has 0 spiro atoms. The van der Waals surface area contributed by atoms with E-state index >= 15 is 0 Å². The van der Waals surface area contributed by atoms with Crippen LogP contribution in [0, 0.1) is 0 Å². The van der Waals surface area contributed by atoms with Gasteiger partial charge in [0.2, 0.25) is 0 Å². The molecule has 0 saturated carbocycles. The number of halogens is 1. The molecule has 1 atom stereocenters. The van der Waals surface area contributed by atoms with Gasteiger partial charge in [0.1, 0.15) is 0 Å². The molecule has 1 fully saturated rings. The van der Waals surface area contributed by atoms with Gasteiger partial charge in [-0.3, -0.25) is 0 Å². The Balaban J connectivity index is 1.61. The minimum atomic E-state index is -3.41. The highest BCUT2D eigenvalue weighted by Crippen LogP contribution is 2.18. The number of likely N-dealkylation sites (tertiary alicyclic amines) is 1. The Morgan fingerprint density at radius 2 is 1.91 bits per heavy atom. The minimum Gasteiger partial charge on any atom is -0.303 e. The van der Waals surface area contributed by atoms with E-state index < -0.39 is 10.2 Å². The van der Waals surface area contributed by atoms with Gasteiger partial charge in [-0.05, 0) is 63.4 Å². The molecule has 5 nitrogen and oxygen atoms in total. The fourth-order valence-electron chi connectivity index (χ4n) is 2.92. The first-order valence-electron chi connectivity index (χ1n) is 8.15. The highest BCUT2D eigenvalue weighted by molar-refractivity contribution is 7.87. The molecule has 2 rings (SSSR count). The average molecular weight is 360 g/mol. The summed E-state index contributed by atoms with van der Waals surface area (Å²) in [6.07, 6.45) is 5.03. The van der Waals surface area contributed by atoms with E-state index in [4.69, 9.17) is 11.6 Å². The van der Waals surface area contributed by atoms with Crippen LogP contribution in [0.25, 0.3) is 0 Å². The molecule has 1 aromatic carbocycles. The second-order valence-electron chi connectivity index (χ2n) is 6.09. The second-order valence-corrected chi connectivity index (χ2v) is 8.11. The van der Waals surface area contributed by atoms with Crippen molar-refractivity contribution >= 4 is 21.8 Å². The Morgan fingerprint density at radius 3 is 2.57 bits per heavy atom. The molecule has 0 bridgehead atoms. The molecular weight excluding hydrogens is 334 g/mol. The molecule has 1 aromatic rings. The summed E-state index contributed by atoms with van der Waals surface area (Å²) in [5.41, 5.74) is 1.06. The zero-order valence-corrected chi connectivity index (χ0v) is 15.2. The van der Waals surface area contributed by atoms with Crippen LogP contribution in [0.2, 0.25) is 5.02 Å². The molecule has 2 N–H and O–H groups in total. The van der Waals surface area contributed by atoms with Gasteiger partial charge in [-0.25, -0.2) is 9.44 Å². The number of hydrogen-bond donors (Lipinski definition) is 2. The fourth-order valence-corrected chi connectivity index (χ4v) is 3.93. The fraction of sp³-hybridized carbons (Fsp3) is 0.625. The summed E-state index contributed by atoms with van der Waals surface area (Å²) in [5.74, 6) is 0. The van der Waals surface area contributed by atoms with Gasteiger partial charge in [-0.1, -0.05) is 23.7 Å². The van der Waals surface area contributed by atoms with Crippen LogP contribution < -0.4 is 9.44 Å². The van der Waals surface area contributed by atoms with Crippen molar-refractivity contribution in [1.29, 1.82) is 0 Å². The normalized spacial score (nSPS) is 19.3. The lowest BCUT2D eigenvalue weighted by Gasteiger charge is -2.19. The van der Waals surface area contributed by atoms with Gasteiger partial charge in [-0.15, -0.1) is 0 Å². The molecule has 7 heteroatoms. The van der Waals surface area contributed by atoms with E-state index in [9.17, 15) is 8.42 Å². The summed E-state index contributed by atoms with van der Waals surface area (Å²) < 4.78 is 29.0. The predicted octanol–water partition coefficient (Wildman–Crippen LogP) is 2.18. The molecule has 23 heavy (non-hydrogen) atoms. The van der Waals surface area contributed by atoms with Crippen molar-refractivity contribution in [2.45, 2.75) is 38.1 Å². The highest BCUT2D eigenvalue weighted by Gasteiger charge is 2.20. The van der Waals surface area contributed by atoms with Gasteiger partial charge in [0, 0.05) is 24.2 Å². The third kappa shape index (κ3) is 6.77. The molecule has 1 saturated heterocycles. The Morgan fingerprint density at radius 1 is 1.22 bits per heavy atom. The molecule has 0 aromatic heterocycles. The highest BCUT2D eigenvalue weighted by atomic mass is 35.5. The first-order valence-corrected chi connectivity index (χ1v) is 10.0. The van der Waals surface area contributed by atoms with Crippen molar-refractivity contribution in [2.24, 2.45) is 0 Å². The molecule has 0 amide bonds. The van der Waals surface area contributed by atoms with E-state index in [1.807, 2.05) is 24.3 Å². The number of nitrogens with zero attached hydrogens (tertiary/aromatic N) is 1. The second kappa shape index (κ2) is 8.99. The Hall–Kier alpha value is -0.660. The molecule has 1 aliphatic heterocycles. The molecule has 1 aliphatic rings. The molecule has 0 radical (unpaired) electrons. The maximum Gasteiger partial charge on any atom is 0.276 e. The minimum absolute atomic E-state index is 0.377. The largest absolute Gasteiger partial charge is 0.303 e. The van der Waals surface area contributed by atoms with Crippen LogP contribution in [0.15, 0.2) is 24.3 Å². The molecule has 1 heterocycles. The summed E-state index contributed by atoms with van der Waals surface area (Å²) in [5, 5.41) is 0.684. The van der Waals surface area contributed by atoms with Crippen LogP contribution in [0.3, 0.4) is 0 Å². The third-order valence-electron chi connectivity index (χ3n) is 4.30. The van der Waals surface area contributed by atoms with Crippen LogP contribution >= 0.6 is 11.6 Å². The van der Waals surface area contributed by atoms with E-state index in [1.54, 1.807) is 0 Å². The zero-order chi connectivity index (χ0) is 16.7. The van der Waals surface area contributed by atoms with Crippen molar-refractivity contribution in [2.75, 3.05) is 26.7 Å². The van der Waals surface area contributed by atoms with E-state index in [0.29, 0.717) is 30.6 Å². The summed E-state index contributed by atoms with van der Waals surface area (Å²) in [7, 11) is -1.27. The van der Waals surface area contributed by atoms with Gasteiger partial charge in [-0.2, -0.15) is 8.42 Å². The van der Waals surface area contributed by atoms with Gasteiger partial charge >= 0.3 is 0 Å². The summed E-state index contributed by atoms with van der Waals surface area (Å²) in [6, 6.07) is 8.04. The SMILES string of the molecule is CN1CCC[C@H]1CCCNS(=O)(=O)NCCc1ccc(Cl)cc1. The number of nitrogens with one attached hydrogen (secondary N) is 2. The van der Waals surface area contributed by atoms with E-state index in [0.717, 1.165) is 24.9 Å². The number of hydrogen-bond acceptors (Lipinski definition) is 3. The zero-order valence-electron chi connectivity index (χ0n) is 13.6. The van der Waals surface area contributed by atoms with Crippen molar-refractivity contribution < 1.29 is 8.42 Å². The average Bonchev–Trinajstić information content (AvgIpc) is 2.91. The maximum absolute atomic E-state index is 11.9. The van der Waals surface area contributed by atoms with Crippen LogP contribution in [0.1, 0.15) is 31.2 Å². The predicted molar refractivity (Wildman–Crippen MR) is 95.0 cm³/mol. The Labute approximate surface area is 144 Å². The Kier molecular flexibility index (Phi) is 7.30. The lowest BCUT2D eigenvalue weighted by atomic mass is 10.1. The lowest BCUT2D eigenvalue weighted by molar-refractivity contribution is 0.292. The summed E-state index contributed by atoms with van der Waals surface area (Å²) in [4.78, 5) is 2.36. The molecule has 0 aliphatic carbocycles. The van der Waals surface area contributed by atoms with E-state index in [1.165, 1.54) is 12.8 Å². The van der Waals surface area contributed by atoms with Gasteiger partial charge < -0.3 is 4.90 Å². The van der Waals surface area contributed by atoms with Crippen LogP contribution in [0.5, 0.6) is 0 Å². The van der Waals surface area contributed by atoms with E-state index in [2.05, 4.69) is 21.4 Å². The lowest BCUT2D eigenvalue weighted by Crippen LogP contribution is -2.38. The van der Waals surface area contributed by atoms with Gasteiger partial charge in [0.05, 0.1) is 0 Å². The monoisotopic (exact) mass is 359 g/mol. The topological polar surface area (TPSA) is 61.4 Å². The first kappa shape index (κ1) is 18.7. The Bertz CT molecular complexity index is 577. The van der Waals surface area contributed by atoms with Crippen molar-refractivity contribution in [3.05, 3.63) is 34.9 Å². The standard InChI is InChI=1S/C16H26ClN3O2S/c1-20-13-3-5-16(20)4-2-11-18-23(21,22)19-12-10-14-6-8-15(17)9-7-14/h6-9,16,18-19H,2-5,10-13H2,1H3/t16-/m1/s1.